The first kappa shape index (κ1) is 18.0. The number of carbonyl (C=O) groups excluding carboxylic acids is 1. The third-order valence-corrected chi connectivity index (χ3v) is 3.60. The molecule has 0 heterocycles. The van der Waals surface area contributed by atoms with Crippen molar-refractivity contribution in [2.75, 3.05) is 13.2 Å². The quantitative estimate of drug-likeness (QED) is 0.678. The molecule has 0 saturated heterocycles. The standard InChI is InChI=1S/C14H20Cl2N2O3/c1-2-4-11(17)14(20)18-7-9(19)8-21-12-6-3-5-10(15)13(12)16/h3,5-6,9,11,19H,2,4,7-8,17H2,1H3,(H,18,20). The molecule has 1 aromatic carbocycles. The Morgan fingerprint density at radius 3 is 2.86 bits per heavy atom. The minimum Gasteiger partial charge on any atom is -0.489 e. The summed E-state index contributed by atoms with van der Waals surface area (Å²) >= 11 is 11.8. The topological polar surface area (TPSA) is 84.6 Å². The molecule has 0 aliphatic rings. The van der Waals surface area contributed by atoms with Crippen molar-refractivity contribution in [1.29, 1.82) is 0 Å². The van der Waals surface area contributed by atoms with Crippen molar-refractivity contribution >= 4 is 29.1 Å². The van der Waals surface area contributed by atoms with Crippen LogP contribution in [-0.2, 0) is 4.79 Å². The van der Waals surface area contributed by atoms with E-state index in [4.69, 9.17) is 33.7 Å². The van der Waals surface area contributed by atoms with Gasteiger partial charge in [-0.1, -0.05) is 42.6 Å². The van der Waals surface area contributed by atoms with E-state index in [9.17, 15) is 9.90 Å². The highest BCUT2D eigenvalue weighted by molar-refractivity contribution is 6.42. The van der Waals surface area contributed by atoms with Crippen molar-refractivity contribution in [3.63, 3.8) is 0 Å². The maximum Gasteiger partial charge on any atom is 0.237 e. The third-order valence-electron chi connectivity index (χ3n) is 2.80. The van der Waals surface area contributed by atoms with Gasteiger partial charge in [-0.3, -0.25) is 4.79 Å². The molecule has 2 unspecified atom stereocenters. The fraction of sp³-hybridized carbons (Fsp3) is 0.500. The molecule has 0 saturated carbocycles. The number of aliphatic hydroxyl groups is 1. The number of benzene rings is 1. The SMILES string of the molecule is CCCC(N)C(=O)NCC(O)COc1cccc(Cl)c1Cl. The fourth-order valence-electron chi connectivity index (χ4n) is 1.63. The zero-order valence-corrected chi connectivity index (χ0v) is 13.3. The third kappa shape index (κ3) is 6.09. The van der Waals surface area contributed by atoms with Gasteiger partial charge in [-0.15, -0.1) is 0 Å². The number of rotatable bonds is 8. The van der Waals surface area contributed by atoms with Gasteiger partial charge in [0, 0.05) is 6.54 Å². The maximum atomic E-state index is 11.6. The Balaban J connectivity index is 2.36. The van der Waals surface area contributed by atoms with E-state index < -0.39 is 12.1 Å². The predicted octanol–water partition coefficient (Wildman–Crippen LogP) is 1.98. The van der Waals surface area contributed by atoms with E-state index in [2.05, 4.69) is 5.32 Å². The Kier molecular flexibility index (Phi) is 7.82. The largest absolute Gasteiger partial charge is 0.489 e. The minimum atomic E-state index is -0.863. The van der Waals surface area contributed by atoms with E-state index >= 15 is 0 Å². The van der Waals surface area contributed by atoms with Crippen LogP contribution in [0.5, 0.6) is 5.75 Å². The second-order valence-electron chi connectivity index (χ2n) is 4.66. The lowest BCUT2D eigenvalue weighted by molar-refractivity contribution is -0.123. The van der Waals surface area contributed by atoms with Gasteiger partial charge in [-0.2, -0.15) is 0 Å². The zero-order valence-electron chi connectivity index (χ0n) is 11.8. The molecule has 5 nitrogen and oxygen atoms in total. The first-order valence-corrected chi connectivity index (χ1v) is 7.49. The number of ether oxygens (including phenoxy) is 1. The van der Waals surface area contributed by atoms with Gasteiger partial charge >= 0.3 is 0 Å². The van der Waals surface area contributed by atoms with Gasteiger partial charge in [0.2, 0.25) is 5.91 Å². The van der Waals surface area contributed by atoms with Crippen molar-refractivity contribution in [3.8, 4) is 5.75 Å². The summed E-state index contributed by atoms with van der Waals surface area (Å²) in [6, 6.07) is 4.44. The van der Waals surface area contributed by atoms with Crippen molar-refractivity contribution in [2.24, 2.45) is 5.73 Å². The molecule has 1 aromatic rings. The number of aliphatic hydroxyl groups excluding tert-OH is 1. The Morgan fingerprint density at radius 2 is 2.19 bits per heavy atom. The van der Waals surface area contributed by atoms with Gasteiger partial charge in [-0.05, 0) is 18.6 Å². The van der Waals surface area contributed by atoms with Gasteiger partial charge in [0.25, 0.3) is 0 Å². The van der Waals surface area contributed by atoms with Crippen molar-refractivity contribution in [2.45, 2.75) is 31.9 Å². The summed E-state index contributed by atoms with van der Waals surface area (Å²) in [6.45, 7) is 2.00. The second kappa shape index (κ2) is 9.10. The van der Waals surface area contributed by atoms with Crippen LogP contribution < -0.4 is 15.8 Å². The zero-order chi connectivity index (χ0) is 15.8. The van der Waals surface area contributed by atoms with Gasteiger partial charge in [0.1, 0.15) is 23.5 Å². The molecule has 2 atom stereocenters. The number of amides is 1. The number of hydrogen-bond donors (Lipinski definition) is 3. The summed E-state index contributed by atoms with van der Waals surface area (Å²) in [4.78, 5) is 11.6. The molecule has 1 rings (SSSR count). The van der Waals surface area contributed by atoms with E-state index in [1.54, 1.807) is 18.2 Å². The first-order chi connectivity index (χ1) is 9.95. The van der Waals surface area contributed by atoms with Gasteiger partial charge in [0.15, 0.2) is 0 Å². The monoisotopic (exact) mass is 334 g/mol. The number of nitrogens with two attached hydrogens (primary N) is 1. The van der Waals surface area contributed by atoms with Crippen LogP contribution in [-0.4, -0.2) is 36.3 Å². The van der Waals surface area contributed by atoms with Crippen LogP contribution in [0.15, 0.2) is 18.2 Å². The first-order valence-electron chi connectivity index (χ1n) is 6.73. The van der Waals surface area contributed by atoms with Gasteiger partial charge in [-0.25, -0.2) is 0 Å². The summed E-state index contributed by atoms with van der Waals surface area (Å²) < 4.78 is 5.37. The van der Waals surface area contributed by atoms with Crippen molar-refractivity contribution < 1.29 is 14.6 Å². The van der Waals surface area contributed by atoms with Crippen LogP contribution in [0.4, 0.5) is 0 Å². The molecule has 118 valence electrons. The molecule has 0 aromatic heterocycles. The second-order valence-corrected chi connectivity index (χ2v) is 5.44. The van der Waals surface area contributed by atoms with Crippen molar-refractivity contribution in [1.82, 2.24) is 5.32 Å². The molecular formula is C14H20Cl2N2O3. The Hall–Kier alpha value is -1.01. The molecule has 4 N–H and O–H groups in total. The molecule has 1 amide bonds. The molecule has 0 aliphatic carbocycles. The highest BCUT2D eigenvalue weighted by atomic mass is 35.5. The number of halogens is 2. The highest BCUT2D eigenvalue weighted by Crippen LogP contribution is 2.31. The molecule has 0 radical (unpaired) electrons. The Labute approximate surface area is 134 Å². The number of carbonyl (C=O) groups is 1. The van der Waals surface area contributed by atoms with E-state index in [0.29, 0.717) is 22.2 Å². The molecule has 0 aliphatic heterocycles. The number of hydrogen-bond acceptors (Lipinski definition) is 4. The van der Waals surface area contributed by atoms with Gasteiger partial charge in [0.05, 0.1) is 11.1 Å². The summed E-state index contributed by atoms with van der Waals surface area (Å²) in [5.74, 6) is 0.105. The van der Waals surface area contributed by atoms with Gasteiger partial charge < -0.3 is 20.9 Å². The van der Waals surface area contributed by atoms with Crippen LogP contribution in [0, 0.1) is 0 Å². The normalized spacial score (nSPS) is 13.6. The number of nitrogens with one attached hydrogen (secondary N) is 1. The molecule has 0 fully saturated rings. The van der Waals surface area contributed by atoms with E-state index in [1.165, 1.54) is 0 Å². The Bertz CT molecular complexity index is 472. The lowest BCUT2D eigenvalue weighted by Gasteiger charge is -2.16. The fourth-order valence-corrected chi connectivity index (χ4v) is 1.98. The molecule has 0 bridgehead atoms. The molecular weight excluding hydrogens is 315 g/mol. The predicted molar refractivity (Wildman–Crippen MR) is 83.9 cm³/mol. The van der Waals surface area contributed by atoms with Crippen LogP contribution >= 0.6 is 23.2 Å². The lowest BCUT2D eigenvalue weighted by atomic mass is 10.1. The summed E-state index contributed by atoms with van der Waals surface area (Å²) in [7, 11) is 0. The van der Waals surface area contributed by atoms with E-state index in [0.717, 1.165) is 6.42 Å². The smallest absolute Gasteiger partial charge is 0.237 e. The Morgan fingerprint density at radius 1 is 1.48 bits per heavy atom. The lowest BCUT2D eigenvalue weighted by Crippen LogP contribution is -2.44. The van der Waals surface area contributed by atoms with Crippen LogP contribution in [0.3, 0.4) is 0 Å². The summed E-state index contributed by atoms with van der Waals surface area (Å²) in [5, 5.41) is 13.0. The minimum absolute atomic E-state index is 0.0106. The average molecular weight is 335 g/mol. The van der Waals surface area contributed by atoms with Crippen LogP contribution in [0.2, 0.25) is 10.0 Å². The molecule has 21 heavy (non-hydrogen) atoms. The molecule has 7 heteroatoms. The summed E-state index contributed by atoms with van der Waals surface area (Å²) in [5.41, 5.74) is 5.66. The van der Waals surface area contributed by atoms with E-state index in [-0.39, 0.29) is 19.1 Å². The average Bonchev–Trinajstić information content (AvgIpc) is 2.46. The van der Waals surface area contributed by atoms with Crippen molar-refractivity contribution in [3.05, 3.63) is 28.2 Å². The van der Waals surface area contributed by atoms with E-state index in [1.807, 2.05) is 6.92 Å². The highest BCUT2D eigenvalue weighted by Gasteiger charge is 2.14. The maximum absolute atomic E-state index is 11.6. The summed E-state index contributed by atoms with van der Waals surface area (Å²) in [6.07, 6.45) is 0.571. The van der Waals surface area contributed by atoms with Crippen LogP contribution in [0.25, 0.3) is 0 Å². The van der Waals surface area contributed by atoms with Crippen LogP contribution in [0.1, 0.15) is 19.8 Å². The molecule has 0 spiro atoms.